The Morgan fingerprint density at radius 1 is 1.21 bits per heavy atom. The number of carbonyl (C=O) groups is 1. The third kappa shape index (κ3) is 4.30. The summed E-state index contributed by atoms with van der Waals surface area (Å²) in [4.78, 5) is 16.9. The van der Waals surface area contributed by atoms with Crippen molar-refractivity contribution in [3.63, 3.8) is 0 Å². The second-order valence-electron chi connectivity index (χ2n) is 8.16. The molecule has 0 aromatic heterocycles. The van der Waals surface area contributed by atoms with Crippen LogP contribution < -0.4 is 0 Å². The van der Waals surface area contributed by atoms with Crippen LogP contribution in [-0.4, -0.2) is 73.4 Å². The predicted octanol–water partition coefficient (Wildman–Crippen LogP) is 1.89. The molecule has 1 aliphatic carbocycles. The molecule has 0 bridgehead atoms. The number of aliphatic hydroxyl groups is 1. The average Bonchev–Trinajstić information content (AvgIpc) is 3.47. The third-order valence-corrected chi connectivity index (χ3v) is 6.30. The number of piperidine rings is 2. The molecule has 2 saturated heterocycles. The molecule has 0 spiro atoms. The molecule has 3 aliphatic rings. The Kier molecular flexibility index (Phi) is 6.17. The van der Waals surface area contributed by atoms with E-state index in [9.17, 15) is 9.90 Å². The molecule has 5 heteroatoms. The van der Waals surface area contributed by atoms with Crippen LogP contribution in [0.25, 0.3) is 0 Å². The van der Waals surface area contributed by atoms with E-state index in [-0.39, 0.29) is 12.0 Å². The lowest BCUT2D eigenvalue weighted by molar-refractivity contribution is -0.134. The number of ether oxygens (including phenoxy) is 1. The maximum Gasteiger partial charge on any atom is 0.225 e. The highest BCUT2D eigenvalue weighted by atomic mass is 16.5. The summed E-state index contributed by atoms with van der Waals surface area (Å²) in [5.41, 5.74) is 0.0533. The summed E-state index contributed by atoms with van der Waals surface area (Å²) < 4.78 is 5.19. The highest BCUT2D eigenvalue weighted by Crippen LogP contribution is 2.37. The number of hydrogen-bond donors (Lipinski definition) is 1. The van der Waals surface area contributed by atoms with Gasteiger partial charge in [0, 0.05) is 57.3 Å². The molecular formula is C19H34N2O3. The molecule has 0 radical (unpaired) electrons. The summed E-state index contributed by atoms with van der Waals surface area (Å²) in [6, 6.07) is 0.585. The first-order chi connectivity index (χ1) is 11.7. The maximum absolute atomic E-state index is 12.2. The Balaban J connectivity index is 1.50. The van der Waals surface area contributed by atoms with Gasteiger partial charge in [0.2, 0.25) is 5.91 Å². The van der Waals surface area contributed by atoms with E-state index < -0.39 is 0 Å². The molecule has 1 saturated carbocycles. The Labute approximate surface area is 146 Å². The first-order valence-corrected chi connectivity index (χ1v) is 9.80. The number of likely N-dealkylation sites (tertiary alicyclic amines) is 2. The SMILES string of the molecule is COCCC[C@]1(CO)CCCN(C2CCN(C(=O)C3CC3)CC2)C1. The van der Waals surface area contributed by atoms with Gasteiger partial charge in [-0.05, 0) is 57.9 Å². The number of methoxy groups -OCH3 is 1. The van der Waals surface area contributed by atoms with E-state index in [0.717, 1.165) is 77.7 Å². The van der Waals surface area contributed by atoms with Crippen LogP contribution in [0.15, 0.2) is 0 Å². The van der Waals surface area contributed by atoms with Crippen molar-refractivity contribution < 1.29 is 14.6 Å². The van der Waals surface area contributed by atoms with Gasteiger partial charge in [0.1, 0.15) is 0 Å². The minimum absolute atomic E-state index is 0.0533. The van der Waals surface area contributed by atoms with Crippen molar-refractivity contribution in [2.24, 2.45) is 11.3 Å². The number of amides is 1. The molecule has 2 aliphatic heterocycles. The number of aliphatic hydroxyl groups excluding tert-OH is 1. The lowest BCUT2D eigenvalue weighted by Gasteiger charge is -2.47. The first-order valence-electron chi connectivity index (χ1n) is 9.80. The maximum atomic E-state index is 12.2. The standard InChI is InChI=1S/C19H34N2O3/c1-24-13-3-9-19(15-22)8-2-10-21(14-19)17-6-11-20(12-7-17)18(23)16-4-5-16/h16-17,22H,2-15H2,1H3/t19-/m1/s1. The third-order valence-electron chi connectivity index (χ3n) is 6.30. The van der Waals surface area contributed by atoms with Crippen LogP contribution in [-0.2, 0) is 9.53 Å². The van der Waals surface area contributed by atoms with E-state index in [1.54, 1.807) is 7.11 Å². The average molecular weight is 338 g/mol. The van der Waals surface area contributed by atoms with Crippen molar-refractivity contribution in [2.45, 2.75) is 57.4 Å². The number of nitrogens with zero attached hydrogens (tertiary/aromatic N) is 2. The van der Waals surface area contributed by atoms with E-state index in [2.05, 4.69) is 9.80 Å². The highest BCUT2D eigenvalue weighted by molar-refractivity contribution is 5.81. The van der Waals surface area contributed by atoms with E-state index in [1.807, 2.05) is 0 Å². The fraction of sp³-hybridized carbons (Fsp3) is 0.947. The van der Waals surface area contributed by atoms with E-state index in [1.165, 1.54) is 6.42 Å². The lowest BCUT2D eigenvalue weighted by atomic mass is 9.76. The molecular weight excluding hydrogens is 304 g/mol. The first kappa shape index (κ1) is 18.2. The minimum atomic E-state index is 0.0533. The molecule has 0 unspecified atom stereocenters. The number of carbonyl (C=O) groups excluding carboxylic acids is 1. The zero-order valence-electron chi connectivity index (χ0n) is 15.2. The van der Waals surface area contributed by atoms with Crippen molar-refractivity contribution in [3.8, 4) is 0 Å². The largest absolute Gasteiger partial charge is 0.396 e. The number of rotatable bonds is 7. The van der Waals surface area contributed by atoms with Crippen LogP contribution in [0.1, 0.15) is 51.4 Å². The summed E-state index contributed by atoms with van der Waals surface area (Å²) >= 11 is 0. The molecule has 0 aromatic rings. The van der Waals surface area contributed by atoms with Gasteiger partial charge in [-0.15, -0.1) is 0 Å². The highest BCUT2D eigenvalue weighted by Gasteiger charge is 2.39. The molecule has 0 aromatic carbocycles. The molecule has 3 rings (SSSR count). The molecule has 2 heterocycles. The van der Waals surface area contributed by atoms with E-state index in [0.29, 0.717) is 17.9 Å². The summed E-state index contributed by atoms with van der Waals surface area (Å²) in [5, 5.41) is 10.0. The van der Waals surface area contributed by atoms with Gasteiger partial charge in [-0.3, -0.25) is 9.69 Å². The van der Waals surface area contributed by atoms with Gasteiger partial charge in [-0.1, -0.05) is 0 Å². The molecule has 1 atom stereocenters. The smallest absolute Gasteiger partial charge is 0.225 e. The monoisotopic (exact) mass is 338 g/mol. The molecule has 24 heavy (non-hydrogen) atoms. The zero-order valence-corrected chi connectivity index (χ0v) is 15.2. The minimum Gasteiger partial charge on any atom is -0.396 e. The lowest BCUT2D eigenvalue weighted by Crippen LogP contribution is -2.53. The van der Waals surface area contributed by atoms with Crippen LogP contribution >= 0.6 is 0 Å². The second kappa shape index (κ2) is 8.15. The summed E-state index contributed by atoms with van der Waals surface area (Å²) in [7, 11) is 1.75. The topological polar surface area (TPSA) is 53.0 Å². The Morgan fingerprint density at radius 3 is 2.58 bits per heavy atom. The van der Waals surface area contributed by atoms with Gasteiger partial charge in [-0.25, -0.2) is 0 Å². The van der Waals surface area contributed by atoms with E-state index in [4.69, 9.17) is 4.74 Å². The van der Waals surface area contributed by atoms with Crippen LogP contribution in [0.2, 0.25) is 0 Å². The van der Waals surface area contributed by atoms with Gasteiger partial charge in [-0.2, -0.15) is 0 Å². The van der Waals surface area contributed by atoms with E-state index >= 15 is 0 Å². The van der Waals surface area contributed by atoms with Crippen molar-refractivity contribution in [2.75, 3.05) is 46.5 Å². The van der Waals surface area contributed by atoms with Crippen LogP contribution in [0.3, 0.4) is 0 Å². The van der Waals surface area contributed by atoms with Gasteiger partial charge >= 0.3 is 0 Å². The zero-order chi connectivity index (χ0) is 17.0. The van der Waals surface area contributed by atoms with Crippen molar-refractivity contribution in [1.29, 1.82) is 0 Å². The Hall–Kier alpha value is -0.650. The second-order valence-corrected chi connectivity index (χ2v) is 8.16. The van der Waals surface area contributed by atoms with Crippen LogP contribution in [0.5, 0.6) is 0 Å². The summed E-state index contributed by atoms with van der Waals surface area (Å²) in [5.74, 6) is 0.746. The van der Waals surface area contributed by atoms with Gasteiger partial charge in [0.15, 0.2) is 0 Å². The molecule has 138 valence electrons. The normalized spacial score (nSPS) is 29.8. The fourth-order valence-corrected chi connectivity index (χ4v) is 4.60. The quantitative estimate of drug-likeness (QED) is 0.720. The van der Waals surface area contributed by atoms with Crippen LogP contribution in [0.4, 0.5) is 0 Å². The van der Waals surface area contributed by atoms with Gasteiger partial charge in [0.05, 0.1) is 0 Å². The Bertz CT molecular complexity index is 419. The predicted molar refractivity (Wildman–Crippen MR) is 93.8 cm³/mol. The van der Waals surface area contributed by atoms with Crippen molar-refractivity contribution in [1.82, 2.24) is 9.80 Å². The molecule has 3 fully saturated rings. The molecule has 5 nitrogen and oxygen atoms in total. The van der Waals surface area contributed by atoms with Crippen LogP contribution in [0, 0.1) is 11.3 Å². The van der Waals surface area contributed by atoms with Gasteiger partial charge in [0.25, 0.3) is 0 Å². The van der Waals surface area contributed by atoms with Crippen molar-refractivity contribution >= 4 is 5.91 Å². The van der Waals surface area contributed by atoms with Gasteiger partial charge < -0.3 is 14.7 Å². The number of hydrogen-bond acceptors (Lipinski definition) is 4. The fourth-order valence-electron chi connectivity index (χ4n) is 4.60. The summed E-state index contributed by atoms with van der Waals surface area (Å²) in [6.45, 7) is 5.07. The Morgan fingerprint density at radius 2 is 1.96 bits per heavy atom. The summed E-state index contributed by atoms with van der Waals surface area (Å²) in [6.07, 6.45) is 8.77. The molecule has 1 amide bonds. The van der Waals surface area contributed by atoms with Crippen molar-refractivity contribution in [3.05, 3.63) is 0 Å². The molecule has 1 N–H and O–H groups in total.